The zero-order chi connectivity index (χ0) is 10.9. The third kappa shape index (κ3) is 1.16. The van der Waals surface area contributed by atoms with Gasteiger partial charge in [0.15, 0.2) is 0 Å². The molecule has 4 bridgehead atoms. The van der Waals surface area contributed by atoms with Crippen LogP contribution in [0.15, 0.2) is 0 Å². The molecule has 2 N–H and O–H groups in total. The minimum Gasteiger partial charge on any atom is -0.369 e. The highest BCUT2D eigenvalue weighted by Gasteiger charge is 2.61. The van der Waals surface area contributed by atoms with E-state index in [1.54, 1.807) is 0 Å². The maximum absolute atomic E-state index is 11.3. The first-order chi connectivity index (χ1) is 7.66. The Morgan fingerprint density at radius 3 is 1.81 bits per heavy atom. The zero-order valence-electron chi connectivity index (χ0n) is 9.82. The van der Waals surface area contributed by atoms with Crippen LogP contribution in [-0.4, -0.2) is 5.91 Å². The van der Waals surface area contributed by atoms with Gasteiger partial charge in [-0.1, -0.05) is 0 Å². The summed E-state index contributed by atoms with van der Waals surface area (Å²) >= 11 is 0. The van der Waals surface area contributed by atoms with Gasteiger partial charge in [0.25, 0.3) is 0 Å². The van der Waals surface area contributed by atoms with Gasteiger partial charge in [0.2, 0.25) is 5.91 Å². The highest BCUT2D eigenvalue weighted by Crippen LogP contribution is 2.68. The zero-order valence-corrected chi connectivity index (χ0v) is 9.82. The van der Waals surface area contributed by atoms with Crippen molar-refractivity contribution in [3.8, 4) is 0 Å². The Hall–Kier alpha value is -0.530. The van der Waals surface area contributed by atoms with Crippen LogP contribution in [0.2, 0.25) is 0 Å². The van der Waals surface area contributed by atoms with E-state index in [0.717, 1.165) is 24.2 Å². The monoisotopic (exact) mass is 219 g/mol. The van der Waals surface area contributed by atoms with Crippen LogP contribution in [0, 0.1) is 35.0 Å². The molecule has 2 nitrogen and oxygen atoms in total. The van der Waals surface area contributed by atoms with Crippen molar-refractivity contribution in [1.29, 1.82) is 0 Å². The largest absolute Gasteiger partial charge is 0.369 e. The van der Waals surface area contributed by atoms with Crippen molar-refractivity contribution in [2.75, 3.05) is 0 Å². The molecule has 0 aromatic heterocycles. The minimum absolute atomic E-state index is 0.0271. The summed E-state index contributed by atoms with van der Waals surface area (Å²) in [5.41, 5.74) is 6.03. The molecule has 0 saturated heterocycles. The van der Waals surface area contributed by atoms with Gasteiger partial charge in [-0.25, -0.2) is 0 Å². The number of carbonyl (C=O) groups is 1. The Labute approximate surface area is 97.0 Å². The smallest absolute Gasteiger partial charge is 0.220 e. The first kappa shape index (κ1) is 9.49. The highest BCUT2D eigenvalue weighted by molar-refractivity contribution is 5.79. The Morgan fingerprint density at radius 2 is 1.44 bits per heavy atom. The van der Waals surface area contributed by atoms with Gasteiger partial charge in [-0.2, -0.15) is 0 Å². The molecule has 0 aromatic rings. The molecule has 2 heteroatoms. The third-order valence-corrected chi connectivity index (χ3v) is 6.03. The number of hydrogen-bond acceptors (Lipinski definition) is 1. The van der Waals surface area contributed by atoms with Crippen LogP contribution in [0.5, 0.6) is 0 Å². The number of carbonyl (C=O) groups excluding carboxylic acids is 1. The molecule has 0 aromatic carbocycles. The predicted molar refractivity (Wildman–Crippen MR) is 61.4 cm³/mol. The summed E-state index contributed by atoms with van der Waals surface area (Å²) in [7, 11) is 0. The Kier molecular flexibility index (Phi) is 1.68. The lowest BCUT2D eigenvalue weighted by Gasteiger charge is -2.57. The van der Waals surface area contributed by atoms with Gasteiger partial charge in [0.05, 0.1) is 0 Å². The van der Waals surface area contributed by atoms with Crippen LogP contribution in [0.3, 0.4) is 0 Å². The maximum Gasteiger partial charge on any atom is 0.220 e. The second-order valence-electron chi connectivity index (χ2n) is 7.13. The van der Waals surface area contributed by atoms with Crippen LogP contribution in [0.1, 0.15) is 44.9 Å². The number of amides is 1. The van der Waals surface area contributed by atoms with Crippen LogP contribution in [0.4, 0.5) is 0 Å². The number of rotatable bonds is 2. The Morgan fingerprint density at radius 1 is 0.938 bits per heavy atom. The first-order valence-electron chi connectivity index (χ1n) is 6.95. The van der Waals surface area contributed by atoms with Crippen molar-refractivity contribution >= 4 is 5.91 Å². The molecule has 5 aliphatic rings. The number of nitrogens with two attached hydrogens (primary N) is 1. The molecular formula is C14H21NO. The van der Waals surface area contributed by atoms with E-state index in [-0.39, 0.29) is 11.8 Å². The van der Waals surface area contributed by atoms with Gasteiger partial charge in [0, 0.05) is 5.92 Å². The molecule has 0 heterocycles. The Bertz CT molecular complexity index is 313. The normalized spacial score (nSPS) is 57.6. The highest BCUT2D eigenvalue weighted by atomic mass is 16.1. The van der Waals surface area contributed by atoms with E-state index < -0.39 is 0 Å². The van der Waals surface area contributed by atoms with Gasteiger partial charge < -0.3 is 5.73 Å². The fourth-order valence-corrected chi connectivity index (χ4v) is 5.82. The molecule has 2 atom stereocenters. The molecule has 0 aliphatic heterocycles. The summed E-state index contributed by atoms with van der Waals surface area (Å²) in [6, 6.07) is 0. The molecule has 0 spiro atoms. The predicted octanol–water partition coefficient (Wildman–Crippen LogP) is 2.32. The van der Waals surface area contributed by atoms with Crippen molar-refractivity contribution in [2.45, 2.75) is 44.9 Å². The minimum atomic E-state index is -0.0271. The van der Waals surface area contributed by atoms with Gasteiger partial charge in [0.1, 0.15) is 0 Å². The van der Waals surface area contributed by atoms with E-state index in [4.69, 9.17) is 5.73 Å². The molecule has 5 saturated carbocycles. The topological polar surface area (TPSA) is 43.1 Å². The molecule has 16 heavy (non-hydrogen) atoms. The first-order valence-corrected chi connectivity index (χ1v) is 6.95. The summed E-state index contributed by atoms with van der Waals surface area (Å²) in [6.07, 6.45) is 9.86. The quantitative estimate of drug-likeness (QED) is 0.761. The summed E-state index contributed by atoms with van der Waals surface area (Å²) in [4.78, 5) is 11.3. The van der Waals surface area contributed by atoms with Crippen molar-refractivity contribution in [3.63, 3.8) is 0 Å². The van der Waals surface area contributed by atoms with Crippen molar-refractivity contribution in [3.05, 3.63) is 0 Å². The SMILES string of the molecule is NC(=O)[C@@H]1C[C@@H]1C12CC3CC(CC(C3)C1)C2. The van der Waals surface area contributed by atoms with Crippen molar-refractivity contribution in [2.24, 2.45) is 40.7 Å². The molecule has 1 amide bonds. The van der Waals surface area contributed by atoms with E-state index in [9.17, 15) is 4.79 Å². The van der Waals surface area contributed by atoms with E-state index in [0.29, 0.717) is 11.3 Å². The molecule has 5 fully saturated rings. The Balaban J connectivity index is 1.61. The second-order valence-corrected chi connectivity index (χ2v) is 7.13. The molecule has 0 radical (unpaired) electrons. The van der Waals surface area contributed by atoms with E-state index in [2.05, 4.69) is 0 Å². The standard InChI is InChI=1S/C14H21NO/c15-13(16)11-4-12(11)14-5-8-1-9(6-14)3-10(2-8)7-14/h8-12H,1-7H2,(H2,15,16)/t8?,9?,10?,11-,12+,14?/m1/s1. The average Bonchev–Trinajstić information content (AvgIpc) is 2.94. The summed E-state index contributed by atoms with van der Waals surface area (Å²) < 4.78 is 0. The lowest BCUT2D eigenvalue weighted by Crippen LogP contribution is -2.47. The third-order valence-electron chi connectivity index (χ3n) is 6.03. The van der Waals surface area contributed by atoms with Gasteiger partial charge in [-0.15, -0.1) is 0 Å². The van der Waals surface area contributed by atoms with E-state index in [1.807, 2.05) is 0 Å². The van der Waals surface area contributed by atoms with Gasteiger partial charge >= 0.3 is 0 Å². The number of hydrogen-bond donors (Lipinski definition) is 1. The van der Waals surface area contributed by atoms with Crippen LogP contribution < -0.4 is 5.73 Å². The van der Waals surface area contributed by atoms with Gasteiger partial charge in [-0.05, 0) is 74.0 Å². The second kappa shape index (κ2) is 2.83. The lowest BCUT2D eigenvalue weighted by molar-refractivity contribution is -0.121. The molecular weight excluding hydrogens is 198 g/mol. The fraction of sp³-hybridized carbons (Fsp3) is 0.929. The molecule has 0 unspecified atom stereocenters. The van der Waals surface area contributed by atoms with E-state index >= 15 is 0 Å². The molecule has 5 aliphatic carbocycles. The summed E-state index contributed by atoms with van der Waals surface area (Å²) in [5, 5.41) is 0. The molecule has 88 valence electrons. The average molecular weight is 219 g/mol. The summed E-state index contributed by atoms with van der Waals surface area (Å²) in [6.45, 7) is 0. The van der Waals surface area contributed by atoms with Gasteiger partial charge in [-0.3, -0.25) is 4.79 Å². The van der Waals surface area contributed by atoms with Crippen LogP contribution in [-0.2, 0) is 4.79 Å². The van der Waals surface area contributed by atoms with E-state index in [1.165, 1.54) is 38.5 Å². The lowest BCUT2D eigenvalue weighted by atomic mass is 9.48. The van der Waals surface area contributed by atoms with Crippen molar-refractivity contribution < 1.29 is 4.79 Å². The van der Waals surface area contributed by atoms with Crippen LogP contribution >= 0.6 is 0 Å². The number of primary amides is 1. The summed E-state index contributed by atoms with van der Waals surface area (Å²) in [5.74, 6) is 3.90. The fourth-order valence-electron chi connectivity index (χ4n) is 5.82. The van der Waals surface area contributed by atoms with Crippen molar-refractivity contribution in [1.82, 2.24) is 0 Å². The molecule has 5 rings (SSSR count). The van der Waals surface area contributed by atoms with Crippen LogP contribution in [0.25, 0.3) is 0 Å². The maximum atomic E-state index is 11.3.